The Kier molecular flexibility index (Phi) is 37.5. The fourth-order valence-corrected chi connectivity index (χ4v) is 13.0. The second kappa shape index (κ2) is 52.3. The van der Waals surface area contributed by atoms with Crippen LogP contribution >= 0.6 is 46.4 Å². The Bertz CT molecular complexity index is 6510. The number of aliphatic imine (C=N–C) groups is 12. The van der Waals surface area contributed by atoms with Gasteiger partial charge in [0, 0.05) is 10.0 Å². The van der Waals surface area contributed by atoms with Crippen LogP contribution in [-0.4, -0.2) is 74.6 Å². The summed E-state index contributed by atoms with van der Waals surface area (Å²) in [6.45, 7) is 16.4. The van der Waals surface area contributed by atoms with Crippen LogP contribution in [0.15, 0.2) is 450 Å². The highest BCUT2D eigenvalue weighted by molar-refractivity contribution is 6.33. The van der Waals surface area contributed by atoms with Gasteiger partial charge in [-0.2, -0.15) is 0 Å². The molecule has 0 fully saturated rings. The molecule has 22 heteroatoms. The minimum absolute atomic E-state index is 0.593. The zero-order chi connectivity index (χ0) is 96.4. The second-order valence-electron chi connectivity index (χ2n) is 31.0. The molecule has 0 saturated heterocycles. The van der Waals surface area contributed by atoms with E-state index in [1.54, 1.807) is 111 Å². The van der Waals surface area contributed by atoms with Crippen LogP contribution in [0.4, 0.5) is 68.2 Å². The average molecular weight is 1900 g/mol. The summed E-state index contributed by atoms with van der Waals surface area (Å²) in [5, 5.41) is 2.48. The van der Waals surface area contributed by atoms with Crippen LogP contribution in [0.5, 0.6) is 0 Å². The molecule has 0 spiro atoms. The Morgan fingerprint density at radius 3 is 0.580 bits per heavy atom. The molecule has 0 N–H and O–H groups in total. The number of aryl methyl sites for hydroxylation is 8. The fourth-order valence-electron chi connectivity index (χ4n) is 12.3. The number of rotatable bonds is 24. The molecule has 6 heterocycles. The first-order valence-corrected chi connectivity index (χ1v) is 45.3. The van der Waals surface area contributed by atoms with E-state index in [2.05, 4.69) is 87.6 Å². The number of hydrogen-bond acceptors (Lipinski definition) is 18. The largest absolute Gasteiger partial charge is 0.454 e. The summed E-state index contributed by atoms with van der Waals surface area (Å²) >= 11 is 23.9. The predicted octanol–water partition coefficient (Wildman–Crippen LogP) is 33.8. The first-order chi connectivity index (χ1) is 67.2. The maximum absolute atomic E-state index is 6.05. The SMILES string of the molecule is Cc1ccc(N=Cc2ccc(C=Nc3ccc(C)cc3)o2)cc1.Cc1ccc(N=Cc2ccc(C=Nc3ccc(C)cc3)o2)cc1.Cc1cccc(N=Cc2ccc(C=Nc3cccc(C)c3)o2)c1.Cc1ccccc1N=Cc1ccc(C=Nc2ccccc2C)o1.Clc1cccc(N=Cc2ccc(C=Nc3cccc(Cl)c3)o2)c1.Clc1ccccc1N=Cc1ccc(C=Nc2ccccc2Cl)o1. The van der Waals surface area contributed by atoms with Crippen molar-refractivity contribution in [3.05, 3.63) is 498 Å². The number of furan rings is 6. The van der Waals surface area contributed by atoms with Crippen molar-refractivity contribution in [2.45, 2.75) is 55.4 Å². The molecule has 684 valence electrons. The molecule has 0 atom stereocenters. The third-order valence-corrected chi connectivity index (χ3v) is 20.7. The number of halogens is 4. The molecule has 12 aromatic carbocycles. The molecule has 0 amide bonds. The Balaban J connectivity index is 0.000000140. The van der Waals surface area contributed by atoms with E-state index >= 15 is 0 Å². The molecule has 0 aliphatic carbocycles. The standard InChI is InChI=1S/4C20H18N2O.2C18H12Cl2N2O/c2*1-15-3-7-17(8-4-15)21-13-19-11-12-20(23-19)14-22-18-9-5-16(2)6-10-18;1-15-5-3-7-17(11-15)21-13-19-9-10-20(23-19)14-22-18-8-4-6-16(2)12-18;1-15-7-3-5-9-19(15)21-13-17-11-12-18(23-17)14-22-20-10-6-4-8-16(20)2;19-13-3-1-5-15(9-13)21-11-17-7-8-18(23-17)12-22-16-6-2-4-14(20)10-16;19-15-5-1-3-7-17(15)21-11-13-9-10-14(23-13)12-22-18-8-4-2-6-16(18)20/h4*3-14H,1-2H3;2*1-12H. The van der Waals surface area contributed by atoms with Crippen LogP contribution in [0.2, 0.25) is 20.1 Å². The molecule has 0 aliphatic rings. The van der Waals surface area contributed by atoms with Gasteiger partial charge in [0.2, 0.25) is 0 Å². The lowest BCUT2D eigenvalue weighted by atomic mass is 10.2. The van der Waals surface area contributed by atoms with Gasteiger partial charge in [-0.15, -0.1) is 0 Å². The number of nitrogens with zero attached hydrogens (tertiary/aromatic N) is 12. The molecular formula is C116H96Cl4N12O6. The maximum Gasteiger partial charge on any atom is 0.145 e. The molecule has 138 heavy (non-hydrogen) atoms. The molecule has 6 aromatic heterocycles. The topological polar surface area (TPSA) is 227 Å². The quantitative estimate of drug-likeness (QED) is 0.0534. The second-order valence-corrected chi connectivity index (χ2v) is 32.7. The molecular weight excluding hydrogens is 1800 g/mol. The number of hydrogen-bond donors (Lipinski definition) is 0. The Labute approximate surface area is 822 Å². The summed E-state index contributed by atoms with van der Waals surface area (Å²) in [6.07, 6.45) is 20.3. The molecule has 0 radical (unpaired) electrons. The number of para-hydroxylation sites is 4. The Hall–Kier alpha value is -16.5. The summed E-state index contributed by atoms with van der Waals surface area (Å²) in [5.41, 5.74) is 19.8. The third kappa shape index (κ3) is 34.2. The lowest BCUT2D eigenvalue weighted by molar-refractivity contribution is 0.553. The van der Waals surface area contributed by atoms with Crippen molar-refractivity contribution in [3.8, 4) is 0 Å². The van der Waals surface area contributed by atoms with Gasteiger partial charge in [0.05, 0.1) is 153 Å². The van der Waals surface area contributed by atoms with E-state index < -0.39 is 0 Å². The van der Waals surface area contributed by atoms with Gasteiger partial charge in [0.1, 0.15) is 69.1 Å². The van der Waals surface area contributed by atoms with Gasteiger partial charge in [-0.25, -0.2) is 0 Å². The monoisotopic (exact) mass is 1890 g/mol. The van der Waals surface area contributed by atoms with Gasteiger partial charge in [-0.3, -0.25) is 59.9 Å². The van der Waals surface area contributed by atoms with Crippen LogP contribution in [-0.2, 0) is 0 Å². The van der Waals surface area contributed by atoms with Crippen LogP contribution in [0.3, 0.4) is 0 Å². The summed E-state index contributed by atoms with van der Waals surface area (Å²) < 4.78 is 34.0. The average Bonchev–Trinajstić information content (AvgIpc) is 1.75. The Morgan fingerprint density at radius 1 is 0.159 bits per heavy atom. The van der Waals surface area contributed by atoms with Crippen molar-refractivity contribution in [1.82, 2.24) is 0 Å². The highest BCUT2D eigenvalue weighted by Gasteiger charge is 2.08. The van der Waals surface area contributed by atoms with Crippen molar-refractivity contribution in [3.63, 3.8) is 0 Å². The number of benzene rings is 12. The zero-order valence-corrected chi connectivity index (χ0v) is 79.9. The lowest BCUT2D eigenvalue weighted by Gasteiger charge is -1.97. The van der Waals surface area contributed by atoms with E-state index in [-0.39, 0.29) is 0 Å². The van der Waals surface area contributed by atoms with Crippen LogP contribution in [0, 0.1) is 55.4 Å². The summed E-state index contributed by atoms with van der Waals surface area (Å²) in [6, 6.07) is 116. The van der Waals surface area contributed by atoms with E-state index in [9.17, 15) is 0 Å². The van der Waals surface area contributed by atoms with E-state index in [1.165, 1.54) is 33.4 Å². The van der Waals surface area contributed by atoms with Crippen molar-refractivity contribution in [2.75, 3.05) is 0 Å². The summed E-state index contributed by atoms with van der Waals surface area (Å²) in [5.74, 6) is 8.15. The van der Waals surface area contributed by atoms with Gasteiger partial charge in [0.25, 0.3) is 0 Å². The van der Waals surface area contributed by atoms with Crippen LogP contribution < -0.4 is 0 Å². The predicted molar refractivity (Wildman–Crippen MR) is 575 cm³/mol. The van der Waals surface area contributed by atoms with Gasteiger partial charge >= 0.3 is 0 Å². The molecule has 18 aromatic rings. The lowest BCUT2D eigenvalue weighted by Crippen LogP contribution is -1.79. The van der Waals surface area contributed by atoms with Crippen LogP contribution in [0.1, 0.15) is 114 Å². The minimum atomic E-state index is 0.593. The third-order valence-electron chi connectivity index (χ3n) is 19.6. The molecule has 0 bridgehead atoms. The summed E-state index contributed by atoms with van der Waals surface area (Å²) in [7, 11) is 0. The van der Waals surface area contributed by atoms with Crippen molar-refractivity contribution in [2.24, 2.45) is 59.9 Å². The Morgan fingerprint density at radius 2 is 0.355 bits per heavy atom. The van der Waals surface area contributed by atoms with Crippen molar-refractivity contribution in [1.29, 1.82) is 0 Å². The molecule has 18 nitrogen and oxygen atoms in total. The van der Waals surface area contributed by atoms with E-state index in [0.29, 0.717) is 101 Å². The van der Waals surface area contributed by atoms with Crippen LogP contribution in [0.25, 0.3) is 0 Å². The van der Waals surface area contributed by atoms with Crippen molar-refractivity contribution >= 4 is 189 Å². The fraction of sp³-hybridized carbons (Fsp3) is 0.0690. The molecule has 0 aliphatic heterocycles. The summed E-state index contributed by atoms with van der Waals surface area (Å²) in [4.78, 5) is 52.6. The van der Waals surface area contributed by atoms with Gasteiger partial charge in [-0.1, -0.05) is 214 Å². The van der Waals surface area contributed by atoms with E-state index in [4.69, 9.17) is 72.9 Å². The highest BCUT2D eigenvalue weighted by Crippen LogP contribution is 2.29. The van der Waals surface area contributed by atoms with E-state index in [1.807, 2.05) is 355 Å². The maximum atomic E-state index is 6.05. The van der Waals surface area contributed by atoms with E-state index in [0.717, 1.165) is 68.0 Å². The smallest absolute Gasteiger partial charge is 0.145 e. The first-order valence-electron chi connectivity index (χ1n) is 43.8. The van der Waals surface area contributed by atoms with Gasteiger partial charge in [-0.05, 0) is 296 Å². The zero-order valence-electron chi connectivity index (χ0n) is 76.9. The molecule has 0 saturated carbocycles. The van der Waals surface area contributed by atoms with Crippen molar-refractivity contribution < 1.29 is 26.5 Å². The van der Waals surface area contributed by atoms with Gasteiger partial charge in [0.15, 0.2) is 0 Å². The first kappa shape index (κ1) is 99.0. The normalized spacial score (nSPS) is 11.6. The van der Waals surface area contributed by atoms with Gasteiger partial charge < -0.3 is 26.5 Å². The minimum Gasteiger partial charge on any atom is -0.454 e. The molecule has 18 rings (SSSR count). The highest BCUT2D eigenvalue weighted by atomic mass is 35.5. The molecule has 0 unspecified atom stereocenters.